The van der Waals surface area contributed by atoms with Crippen molar-refractivity contribution in [3.8, 4) is 0 Å². The van der Waals surface area contributed by atoms with Gasteiger partial charge in [0.15, 0.2) is 0 Å². The van der Waals surface area contributed by atoms with E-state index in [4.69, 9.17) is 23.2 Å². The number of hydrogen-bond donors (Lipinski definition) is 1. The number of amides is 1. The van der Waals surface area contributed by atoms with Crippen LogP contribution in [0.5, 0.6) is 0 Å². The summed E-state index contributed by atoms with van der Waals surface area (Å²) < 4.78 is -0.613. The van der Waals surface area contributed by atoms with Gasteiger partial charge in [0.1, 0.15) is 4.33 Å². The Bertz CT molecular complexity index is 638. The molecule has 108 valence electrons. The van der Waals surface area contributed by atoms with Crippen molar-refractivity contribution >= 4 is 34.8 Å². The van der Waals surface area contributed by atoms with Crippen LogP contribution in [-0.2, 0) is 11.2 Å². The third-order valence-electron chi connectivity index (χ3n) is 3.63. The van der Waals surface area contributed by atoms with Crippen LogP contribution in [-0.4, -0.2) is 10.2 Å². The van der Waals surface area contributed by atoms with Gasteiger partial charge in [-0.2, -0.15) is 0 Å². The Labute approximate surface area is 134 Å². The van der Waals surface area contributed by atoms with Crippen LogP contribution in [0.4, 0.5) is 5.69 Å². The van der Waals surface area contributed by atoms with Crippen LogP contribution in [0.25, 0.3) is 0 Å². The predicted molar refractivity (Wildman–Crippen MR) is 87.0 cm³/mol. The topological polar surface area (TPSA) is 29.1 Å². The second-order valence-corrected chi connectivity index (χ2v) is 6.89. The van der Waals surface area contributed by atoms with Crippen LogP contribution in [0.3, 0.4) is 0 Å². The Balaban J connectivity index is 1.59. The van der Waals surface area contributed by atoms with Crippen LogP contribution >= 0.6 is 23.2 Å². The molecule has 4 heteroatoms. The first-order valence-corrected chi connectivity index (χ1v) is 7.62. The van der Waals surface area contributed by atoms with Gasteiger partial charge in [-0.3, -0.25) is 4.79 Å². The fourth-order valence-electron chi connectivity index (χ4n) is 2.36. The molecule has 2 aromatic rings. The zero-order valence-corrected chi connectivity index (χ0v) is 12.9. The normalized spacial score (nSPS) is 19.0. The molecule has 1 atom stereocenters. The van der Waals surface area contributed by atoms with Gasteiger partial charge < -0.3 is 5.32 Å². The molecule has 1 fully saturated rings. The van der Waals surface area contributed by atoms with Gasteiger partial charge >= 0.3 is 0 Å². The number of benzene rings is 2. The molecular weight excluding hydrogens is 305 g/mol. The molecule has 0 aliphatic heterocycles. The second-order valence-electron chi connectivity index (χ2n) is 5.35. The Morgan fingerprint density at radius 1 is 1.10 bits per heavy atom. The maximum atomic E-state index is 12.0. The summed E-state index contributed by atoms with van der Waals surface area (Å²) in [6.07, 6.45) is 1.16. The lowest BCUT2D eigenvalue weighted by Gasteiger charge is -2.07. The van der Waals surface area contributed by atoms with Gasteiger partial charge in [0.25, 0.3) is 0 Å². The fraction of sp³-hybridized carbons (Fsp3) is 0.235. The van der Waals surface area contributed by atoms with E-state index in [1.165, 1.54) is 0 Å². The average molecular weight is 320 g/mol. The zero-order valence-electron chi connectivity index (χ0n) is 11.4. The summed E-state index contributed by atoms with van der Waals surface area (Å²) in [6, 6.07) is 17.4. The number of alkyl halides is 2. The SMILES string of the molecule is O=C(Cc1ccccc1)Nc1ccc([C@@H]2CC2(Cl)Cl)cc1. The minimum atomic E-state index is -0.613. The summed E-state index contributed by atoms with van der Waals surface area (Å²) in [4.78, 5) is 12.0. The van der Waals surface area contributed by atoms with E-state index in [9.17, 15) is 4.79 Å². The first-order chi connectivity index (χ1) is 10.0. The van der Waals surface area contributed by atoms with Crippen molar-refractivity contribution in [1.82, 2.24) is 0 Å². The second kappa shape index (κ2) is 5.70. The Morgan fingerprint density at radius 2 is 1.71 bits per heavy atom. The highest BCUT2D eigenvalue weighted by Gasteiger charge is 2.52. The molecule has 0 spiro atoms. The maximum Gasteiger partial charge on any atom is 0.228 e. The van der Waals surface area contributed by atoms with E-state index in [-0.39, 0.29) is 11.8 Å². The van der Waals surface area contributed by atoms with Crippen molar-refractivity contribution in [2.24, 2.45) is 0 Å². The van der Waals surface area contributed by atoms with Crippen molar-refractivity contribution in [2.45, 2.75) is 23.1 Å². The highest BCUT2D eigenvalue weighted by Crippen LogP contribution is 2.59. The number of nitrogens with one attached hydrogen (secondary N) is 1. The molecule has 0 bridgehead atoms. The monoisotopic (exact) mass is 319 g/mol. The number of rotatable bonds is 4. The lowest BCUT2D eigenvalue weighted by Crippen LogP contribution is -2.14. The van der Waals surface area contributed by atoms with Crippen molar-refractivity contribution in [3.63, 3.8) is 0 Å². The van der Waals surface area contributed by atoms with Crippen LogP contribution in [0, 0.1) is 0 Å². The van der Waals surface area contributed by atoms with Crippen molar-refractivity contribution < 1.29 is 4.79 Å². The molecular formula is C17H15Cl2NO. The Morgan fingerprint density at radius 3 is 2.29 bits per heavy atom. The van der Waals surface area contributed by atoms with Gasteiger partial charge in [0.05, 0.1) is 6.42 Å². The van der Waals surface area contributed by atoms with Gasteiger partial charge in [-0.15, -0.1) is 23.2 Å². The third-order valence-corrected chi connectivity index (χ3v) is 4.47. The summed E-state index contributed by atoms with van der Waals surface area (Å²) >= 11 is 12.1. The van der Waals surface area contributed by atoms with Crippen LogP contribution in [0.15, 0.2) is 54.6 Å². The quantitative estimate of drug-likeness (QED) is 0.824. The summed E-state index contributed by atoms with van der Waals surface area (Å²) in [5.41, 5.74) is 2.90. The van der Waals surface area contributed by atoms with Crippen molar-refractivity contribution in [2.75, 3.05) is 5.32 Å². The molecule has 0 saturated heterocycles. The Hall–Kier alpha value is -1.51. The summed E-state index contributed by atoms with van der Waals surface area (Å²) in [5.74, 6) is 0.180. The standard InChI is InChI=1S/C17H15Cl2NO/c18-17(19)11-15(17)13-6-8-14(9-7-13)20-16(21)10-12-4-2-1-3-5-12/h1-9,15H,10-11H2,(H,20,21)/t15-/m0/s1. The number of hydrogen-bond acceptors (Lipinski definition) is 1. The van der Waals surface area contributed by atoms with E-state index in [2.05, 4.69) is 5.32 Å². The van der Waals surface area contributed by atoms with E-state index in [0.717, 1.165) is 23.2 Å². The van der Waals surface area contributed by atoms with E-state index < -0.39 is 4.33 Å². The van der Waals surface area contributed by atoms with Gasteiger partial charge in [0.2, 0.25) is 5.91 Å². The van der Waals surface area contributed by atoms with Gasteiger partial charge in [0, 0.05) is 11.6 Å². The molecule has 0 heterocycles. The summed E-state index contributed by atoms with van der Waals surface area (Å²) in [5, 5.41) is 2.89. The molecule has 2 aromatic carbocycles. The molecule has 1 aliphatic rings. The lowest BCUT2D eigenvalue weighted by molar-refractivity contribution is -0.115. The molecule has 1 N–H and O–H groups in total. The first-order valence-electron chi connectivity index (χ1n) is 6.86. The number of carbonyl (C=O) groups excluding carboxylic acids is 1. The predicted octanol–water partition coefficient (Wildman–Crippen LogP) is 4.53. The lowest BCUT2D eigenvalue weighted by atomic mass is 10.1. The van der Waals surface area contributed by atoms with Crippen LogP contribution < -0.4 is 5.32 Å². The third kappa shape index (κ3) is 3.58. The van der Waals surface area contributed by atoms with E-state index in [1.54, 1.807) is 0 Å². The molecule has 0 unspecified atom stereocenters. The summed E-state index contributed by atoms with van der Waals surface area (Å²) in [6.45, 7) is 0. The maximum absolute atomic E-state index is 12.0. The van der Waals surface area contributed by atoms with Gasteiger partial charge in [-0.25, -0.2) is 0 Å². The molecule has 1 aliphatic carbocycles. The zero-order chi connectivity index (χ0) is 14.9. The molecule has 1 saturated carbocycles. The van der Waals surface area contributed by atoms with E-state index in [1.807, 2.05) is 54.6 Å². The molecule has 1 amide bonds. The van der Waals surface area contributed by atoms with Crippen LogP contribution in [0.1, 0.15) is 23.5 Å². The molecule has 3 rings (SSSR count). The molecule has 21 heavy (non-hydrogen) atoms. The van der Waals surface area contributed by atoms with Crippen LogP contribution in [0.2, 0.25) is 0 Å². The number of halogens is 2. The number of anilines is 1. The first kappa shape index (κ1) is 14.4. The smallest absolute Gasteiger partial charge is 0.228 e. The van der Waals surface area contributed by atoms with Gasteiger partial charge in [-0.05, 0) is 29.7 Å². The molecule has 2 nitrogen and oxygen atoms in total. The minimum Gasteiger partial charge on any atom is -0.326 e. The highest BCUT2D eigenvalue weighted by atomic mass is 35.5. The molecule has 0 radical (unpaired) electrons. The van der Waals surface area contributed by atoms with Crippen molar-refractivity contribution in [3.05, 3.63) is 65.7 Å². The Kier molecular flexibility index (Phi) is 3.92. The molecule has 0 aromatic heterocycles. The summed E-state index contributed by atoms with van der Waals surface area (Å²) in [7, 11) is 0. The largest absolute Gasteiger partial charge is 0.326 e. The number of carbonyl (C=O) groups is 1. The minimum absolute atomic E-state index is 0.0237. The van der Waals surface area contributed by atoms with Gasteiger partial charge in [-0.1, -0.05) is 42.5 Å². The van der Waals surface area contributed by atoms with E-state index in [0.29, 0.717) is 6.42 Å². The van der Waals surface area contributed by atoms with E-state index >= 15 is 0 Å². The average Bonchev–Trinajstić information content (AvgIpc) is 3.09. The highest BCUT2D eigenvalue weighted by molar-refractivity contribution is 6.51. The fourth-order valence-corrected chi connectivity index (χ4v) is 2.92. The van der Waals surface area contributed by atoms with Crippen molar-refractivity contribution in [1.29, 1.82) is 0 Å².